The first-order valence-electron chi connectivity index (χ1n) is 6.03. The zero-order chi connectivity index (χ0) is 14.3. The molecule has 0 radical (unpaired) electrons. The third kappa shape index (κ3) is 2.08. The van der Waals surface area contributed by atoms with E-state index in [-0.39, 0.29) is 5.84 Å². The number of nitrogens with one attached hydrogen (secondary N) is 1. The van der Waals surface area contributed by atoms with Gasteiger partial charge in [0.2, 0.25) is 0 Å². The summed E-state index contributed by atoms with van der Waals surface area (Å²) in [5.74, 6) is 0.637. The summed E-state index contributed by atoms with van der Waals surface area (Å²) in [5, 5.41) is 12.0. The van der Waals surface area contributed by atoms with Gasteiger partial charge in [-0.2, -0.15) is 5.10 Å². The lowest BCUT2D eigenvalue weighted by molar-refractivity contribution is 0.937. The van der Waals surface area contributed by atoms with Gasteiger partial charge in [0, 0.05) is 10.0 Å². The average molecular weight is 330 g/mol. The molecular formula is C14H12BrN5. The zero-order valence-corrected chi connectivity index (χ0v) is 12.3. The summed E-state index contributed by atoms with van der Waals surface area (Å²) in [5.41, 5.74) is 8.72. The molecule has 0 amide bonds. The van der Waals surface area contributed by atoms with Gasteiger partial charge in [-0.3, -0.25) is 5.41 Å². The molecular weight excluding hydrogens is 318 g/mol. The number of rotatable bonds is 2. The fourth-order valence-electron chi connectivity index (χ4n) is 2.14. The van der Waals surface area contributed by atoms with Gasteiger partial charge in [0.15, 0.2) is 5.65 Å². The number of benzene rings is 1. The van der Waals surface area contributed by atoms with Crippen LogP contribution in [0.4, 0.5) is 0 Å². The summed E-state index contributed by atoms with van der Waals surface area (Å²) < 4.78 is 2.73. The number of nitrogens with zero attached hydrogens (tertiary/aromatic N) is 3. The molecule has 20 heavy (non-hydrogen) atoms. The van der Waals surface area contributed by atoms with E-state index in [0.717, 1.165) is 15.7 Å². The maximum Gasteiger partial charge on any atom is 0.167 e. The maximum absolute atomic E-state index is 7.63. The summed E-state index contributed by atoms with van der Waals surface area (Å²) in [6, 6.07) is 11.7. The molecule has 0 bridgehead atoms. The number of aromatic nitrogens is 3. The molecule has 0 aliphatic carbocycles. The molecule has 100 valence electrons. The quantitative estimate of drug-likeness (QED) is 0.560. The van der Waals surface area contributed by atoms with Crippen molar-refractivity contribution in [3.63, 3.8) is 0 Å². The van der Waals surface area contributed by atoms with Crippen LogP contribution in [0, 0.1) is 12.3 Å². The first kappa shape index (κ1) is 12.8. The fourth-order valence-corrected chi connectivity index (χ4v) is 2.54. The minimum Gasteiger partial charge on any atom is -0.384 e. The normalized spacial score (nSPS) is 10.9. The number of hydrogen-bond donors (Lipinski definition) is 2. The number of hydrogen-bond acceptors (Lipinski definition) is 3. The Morgan fingerprint density at radius 2 is 2.10 bits per heavy atom. The Kier molecular flexibility index (Phi) is 3.02. The number of fused-ring (bicyclic) bond motifs is 1. The van der Waals surface area contributed by atoms with Crippen LogP contribution in [0.3, 0.4) is 0 Å². The lowest BCUT2D eigenvalue weighted by Crippen LogP contribution is -2.13. The summed E-state index contributed by atoms with van der Waals surface area (Å²) in [6.07, 6.45) is 0. The van der Waals surface area contributed by atoms with Crippen LogP contribution in [0.1, 0.15) is 11.4 Å². The molecule has 0 saturated heterocycles. The number of halogens is 1. The number of nitrogens with two attached hydrogens (primary N) is 1. The molecule has 0 unspecified atom stereocenters. The van der Waals surface area contributed by atoms with Gasteiger partial charge in [-0.05, 0) is 31.2 Å². The number of amidine groups is 1. The molecule has 0 aliphatic heterocycles. The van der Waals surface area contributed by atoms with Crippen LogP contribution in [0.25, 0.3) is 16.9 Å². The van der Waals surface area contributed by atoms with Crippen LogP contribution in [-0.2, 0) is 0 Å². The number of aryl methyl sites for hydroxylation is 1. The van der Waals surface area contributed by atoms with Crippen LogP contribution in [0.15, 0.2) is 40.9 Å². The first-order chi connectivity index (χ1) is 9.56. The summed E-state index contributed by atoms with van der Waals surface area (Å²) in [6.45, 7) is 1.82. The Balaban J connectivity index is 2.33. The Morgan fingerprint density at radius 1 is 1.30 bits per heavy atom. The minimum absolute atomic E-state index is 0.0109. The van der Waals surface area contributed by atoms with Crippen LogP contribution < -0.4 is 5.73 Å². The number of pyridine rings is 1. The molecule has 0 atom stereocenters. The summed E-state index contributed by atoms with van der Waals surface area (Å²) >= 11 is 3.47. The van der Waals surface area contributed by atoms with Gasteiger partial charge in [0.1, 0.15) is 11.7 Å². The molecule has 0 fully saturated rings. The highest BCUT2D eigenvalue weighted by molar-refractivity contribution is 9.10. The monoisotopic (exact) mass is 329 g/mol. The van der Waals surface area contributed by atoms with E-state index in [4.69, 9.17) is 11.1 Å². The molecule has 1 aromatic carbocycles. The van der Waals surface area contributed by atoms with E-state index < -0.39 is 0 Å². The highest BCUT2D eigenvalue weighted by Gasteiger charge is 2.13. The minimum atomic E-state index is -0.0109. The van der Waals surface area contributed by atoms with Gasteiger partial charge in [0.05, 0.1) is 11.3 Å². The summed E-state index contributed by atoms with van der Waals surface area (Å²) in [7, 11) is 0. The molecule has 3 aromatic rings. The van der Waals surface area contributed by atoms with Gasteiger partial charge in [0.25, 0.3) is 0 Å². The van der Waals surface area contributed by atoms with Gasteiger partial charge in [-0.25, -0.2) is 9.50 Å². The highest BCUT2D eigenvalue weighted by Crippen LogP contribution is 2.24. The molecule has 6 heteroatoms. The molecule has 2 aromatic heterocycles. The largest absolute Gasteiger partial charge is 0.384 e. The van der Waals surface area contributed by atoms with E-state index in [0.29, 0.717) is 17.0 Å². The van der Waals surface area contributed by atoms with Crippen LogP contribution in [0.2, 0.25) is 0 Å². The van der Waals surface area contributed by atoms with Crippen molar-refractivity contribution in [3.05, 3.63) is 52.3 Å². The second-order valence-electron chi connectivity index (χ2n) is 4.45. The fraction of sp³-hybridized carbons (Fsp3) is 0.0714. The third-order valence-electron chi connectivity index (χ3n) is 3.00. The predicted molar refractivity (Wildman–Crippen MR) is 81.9 cm³/mol. The van der Waals surface area contributed by atoms with E-state index in [1.807, 2.05) is 43.3 Å². The second kappa shape index (κ2) is 4.72. The number of nitrogen functional groups attached to an aromatic ring is 1. The smallest absolute Gasteiger partial charge is 0.167 e. The zero-order valence-electron chi connectivity index (χ0n) is 10.8. The Bertz CT molecular complexity index is 822. The van der Waals surface area contributed by atoms with Crippen LogP contribution in [0.5, 0.6) is 0 Å². The predicted octanol–water partition coefficient (Wildman–Crippen LogP) is 2.75. The standard InChI is InChI=1S/C14H12BrN5/c1-8-18-14-11(13(16)17)5-6-12(20(14)19-8)9-3-2-4-10(15)7-9/h2-7H,1H3,(H3,16,17). The van der Waals surface area contributed by atoms with Crippen molar-refractivity contribution < 1.29 is 0 Å². The molecule has 3 N–H and O–H groups in total. The topological polar surface area (TPSA) is 80.1 Å². The Morgan fingerprint density at radius 3 is 2.80 bits per heavy atom. The Labute approximate surface area is 124 Å². The van der Waals surface area contributed by atoms with Crippen molar-refractivity contribution >= 4 is 27.4 Å². The van der Waals surface area contributed by atoms with Crippen molar-refractivity contribution in [2.75, 3.05) is 0 Å². The molecule has 5 nitrogen and oxygen atoms in total. The van der Waals surface area contributed by atoms with Gasteiger partial charge in [-0.1, -0.05) is 28.1 Å². The van der Waals surface area contributed by atoms with E-state index in [2.05, 4.69) is 26.0 Å². The Hall–Kier alpha value is -2.21. The molecule has 2 heterocycles. The van der Waals surface area contributed by atoms with E-state index in [1.165, 1.54) is 0 Å². The van der Waals surface area contributed by atoms with Crippen molar-refractivity contribution in [1.29, 1.82) is 5.41 Å². The molecule has 0 spiro atoms. The SMILES string of the molecule is Cc1nc2c(C(=N)N)ccc(-c3cccc(Br)c3)n2n1. The highest BCUT2D eigenvalue weighted by atomic mass is 79.9. The van der Waals surface area contributed by atoms with Crippen molar-refractivity contribution in [1.82, 2.24) is 14.6 Å². The lowest BCUT2D eigenvalue weighted by Gasteiger charge is -2.07. The van der Waals surface area contributed by atoms with E-state index in [9.17, 15) is 0 Å². The summed E-state index contributed by atoms with van der Waals surface area (Å²) in [4.78, 5) is 4.36. The van der Waals surface area contributed by atoms with Gasteiger partial charge in [-0.15, -0.1) is 0 Å². The van der Waals surface area contributed by atoms with Gasteiger partial charge >= 0.3 is 0 Å². The average Bonchev–Trinajstić information content (AvgIpc) is 2.78. The van der Waals surface area contributed by atoms with Crippen LogP contribution >= 0.6 is 15.9 Å². The van der Waals surface area contributed by atoms with Crippen molar-refractivity contribution in [3.8, 4) is 11.3 Å². The molecule has 0 aliphatic rings. The van der Waals surface area contributed by atoms with Crippen LogP contribution in [-0.4, -0.2) is 20.4 Å². The lowest BCUT2D eigenvalue weighted by atomic mass is 10.1. The molecule has 3 rings (SSSR count). The maximum atomic E-state index is 7.63. The first-order valence-corrected chi connectivity index (χ1v) is 6.82. The van der Waals surface area contributed by atoms with Gasteiger partial charge < -0.3 is 5.73 Å². The third-order valence-corrected chi connectivity index (χ3v) is 3.49. The van der Waals surface area contributed by atoms with E-state index in [1.54, 1.807) is 4.52 Å². The molecule has 0 saturated carbocycles. The van der Waals surface area contributed by atoms with Crippen molar-refractivity contribution in [2.45, 2.75) is 6.92 Å². The van der Waals surface area contributed by atoms with E-state index >= 15 is 0 Å². The van der Waals surface area contributed by atoms with Crippen molar-refractivity contribution in [2.24, 2.45) is 5.73 Å². The second-order valence-corrected chi connectivity index (χ2v) is 5.37.